The molecule has 6 nitrogen and oxygen atoms in total. The second kappa shape index (κ2) is 11.3. The van der Waals surface area contributed by atoms with Crippen LogP contribution in [0.4, 0.5) is 0 Å². The summed E-state index contributed by atoms with van der Waals surface area (Å²) in [7, 11) is 1.94. The van der Waals surface area contributed by atoms with Gasteiger partial charge in [0.1, 0.15) is 5.75 Å². The van der Waals surface area contributed by atoms with E-state index in [2.05, 4.69) is 10.2 Å². The van der Waals surface area contributed by atoms with E-state index in [1.807, 2.05) is 42.3 Å². The second-order valence-electron chi connectivity index (χ2n) is 7.45. The summed E-state index contributed by atoms with van der Waals surface area (Å²) in [6, 6.07) is 9.88. The number of carbonyl (C=O) groups is 2. The number of halogens is 1. The highest BCUT2D eigenvalue weighted by Gasteiger charge is 2.34. The number of nitrogens with one attached hydrogen (secondary N) is 1. The lowest BCUT2D eigenvalue weighted by molar-refractivity contribution is -0.141. The number of carbonyl (C=O) groups excluding carboxylic acids is 2. The van der Waals surface area contributed by atoms with Gasteiger partial charge >= 0.3 is 0 Å². The maximum atomic E-state index is 12.9. The molecule has 2 aliphatic rings. The van der Waals surface area contributed by atoms with Gasteiger partial charge in [0.2, 0.25) is 11.8 Å². The molecular formula is C21H32ClN3O3. The predicted molar refractivity (Wildman–Crippen MR) is 112 cm³/mol. The van der Waals surface area contributed by atoms with Crippen molar-refractivity contribution < 1.29 is 14.3 Å². The Morgan fingerprint density at radius 1 is 1.11 bits per heavy atom. The molecular weight excluding hydrogens is 378 g/mol. The number of likely N-dealkylation sites (N-methyl/N-ethyl adjacent to an activating group) is 1. The number of para-hydroxylation sites is 1. The summed E-state index contributed by atoms with van der Waals surface area (Å²) in [5.74, 6) is 1.25. The van der Waals surface area contributed by atoms with Crippen molar-refractivity contribution in [3.8, 4) is 5.75 Å². The molecule has 0 aromatic heterocycles. The zero-order valence-electron chi connectivity index (χ0n) is 16.6. The summed E-state index contributed by atoms with van der Waals surface area (Å²) in [6.07, 6.45) is 4.10. The number of piperidine rings is 1. The summed E-state index contributed by atoms with van der Waals surface area (Å²) in [4.78, 5) is 29.2. The molecule has 1 atom stereocenters. The van der Waals surface area contributed by atoms with Gasteiger partial charge < -0.3 is 19.9 Å². The topological polar surface area (TPSA) is 61.9 Å². The summed E-state index contributed by atoms with van der Waals surface area (Å²) in [5, 5.41) is 3.19. The number of amides is 2. The Morgan fingerprint density at radius 3 is 2.50 bits per heavy atom. The van der Waals surface area contributed by atoms with Gasteiger partial charge in [0.25, 0.3) is 0 Å². The maximum Gasteiger partial charge on any atom is 0.226 e. The van der Waals surface area contributed by atoms with E-state index in [9.17, 15) is 9.59 Å². The molecule has 0 radical (unpaired) electrons. The second-order valence-corrected chi connectivity index (χ2v) is 7.45. The molecule has 1 aromatic carbocycles. The highest BCUT2D eigenvalue weighted by atomic mass is 35.5. The van der Waals surface area contributed by atoms with Crippen LogP contribution in [-0.4, -0.2) is 67.5 Å². The molecule has 1 unspecified atom stereocenters. The third-order valence-electron chi connectivity index (χ3n) is 5.62. The molecule has 2 amide bonds. The van der Waals surface area contributed by atoms with Crippen LogP contribution >= 0.6 is 12.4 Å². The molecule has 1 aromatic rings. The van der Waals surface area contributed by atoms with Gasteiger partial charge in [-0.1, -0.05) is 18.2 Å². The van der Waals surface area contributed by atoms with Crippen LogP contribution in [0.3, 0.4) is 0 Å². The first-order chi connectivity index (χ1) is 13.2. The van der Waals surface area contributed by atoms with Crippen LogP contribution in [0.15, 0.2) is 30.3 Å². The molecule has 1 N–H and O–H groups in total. The van der Waals surface area contributed by atoms with Crippen LogP contribution in [0.25, 0.3) is 0 Å². The Labute approximate surface area is 174 Å². The van der Waals surface area contributed by atoms with Crippen molar-refractivity contribution in [2.45, 2.75) is 38.1 Å². The van der Waals surface area contributed by atoms with Gasteiger partial charge in [0.05, 0.1) is 13.0 Å². The average molecular weight is 410 g/mol. The Hall–Kier alpha value is -1.79. The minimum Gasteiger partial charge on any atom is -0.493 e. The molecule has 0 aliphatic carbocycles. The fourth-order valence-corrected chi connectivity index (χ4v) is 4.12. The van der Waals surface area contributed by atoms with E-state index in [4.69, 9.17) is 4.74 Å². The lowest BCUT2D eigenvalue weighted by Crippen LogP contribution is -2.47. The molecule has 0 spiro atoms. The minimum atomic E-state index is 0. The van der Waals surface area contributed by atoms with Crippen molar-refractivity contribution in [3.63, 3.8) is 0 Å². The Bertz CT molecular complexity index is 621. The van der Waals surface area contributed by atoms with E-state index < -0.39 is 0 Å². The zero-order valence-corrected chi connectivity index (χ0v) is 17.5. The standard InChI is InChI=1S/C21H31N3O3.ClH/c1-22-16-18-6-5-12-24(18)21(26)17-9-13-23(14-10-17)20(25)11-15-27-19-7-3-2-4-8-19;/h2-4,7-8,17-18,22H,5-6,9-16H2,1H3;1H. The van der Waals surface area contributed by atoms with Gasteiger partial charge in [-0.25, -0.2) is 0 Å². The fourth-order valence-electron chi connectivity index (χ4n) is 4.12. The molecule has 0 saturated carbocycles. The number of ether oxygens (including phenoxy) is 1. The normalized spacial score (nSPS) is 20.0. The molecule has 156 valence electrons. The Kier molecular flexibility index (Phi) is 9.06. The fraction of sp³-hybridized carbons (Fsp3) is 0.619. The van der Waals surface area contributed by atoms with Gasteiger partial charge in [0.15, 0.2) is 0 Å². The number of hydrogen-bond donors (Lipinski definition) is 1. The van der Waals surface area contributed by atoms with Gasteiger partial charge in [-0.05, 0) is 44.9 Å². The summed E-state index contributed by atoms with van der Waals surface area (Å²) >= 11 is 0. The van der Waals surface area contributed by atoms with Gasteiger partial charge in [-0.15, -0.1) is 12.4 Å². The summed E-state index contributed by atoms with van der Waals surface area (Å²) in [6.45, 7) is 3.48. The van der Waals surface area contributed by atoms with Crippen molar-refractivity contribution in [3.05, 3.63) is 30.3 Å². The molecule has 3 rings (SSSR count). The lowest BCUT2D eigenvalue weighted by Gasteiger charge is -2.35. The van der Waals surface area contributed by atoms with Gasteiger partial charge in [-0.3, -0.25) is 9.59 Å². The number of benzene rings is 1. The SMILES string of the molecule is CNCC1CCCN1C(=O)C1CCN(C(=O)CCOc2ccccc2)CC1.Cl. The molecule has 2 aliphatic heterocycles. The molecule has 2 fully saturated rings. The van der Waals surface area contributed by atoms with Crippen LogP contribution in [0.2, 0.25) is 0 Å². The maximum absolute atomic E-state index is 12.9. The lowest BCUT2D eigenvalue weighted by atomic mass is 9.94. The van der Waals surface area contributed by atoms with Crippen molar-refractivity contribution in [2.24, 2.45) is 5.92 Å². The number of rotatable bonds is 7. The minimum absolute atomic E-state index is 0. The van der Waals surface area contributed by atoms with Crippen LogP contribution in [-0.2, 0) is 9.59 Å². The van der Waals surface area contributed by atoms with Crippen molar-refractivity contribution in [2.75, 3.05) is 39.8 Å². The molecule has 0 bridgehead atoms. The Balaban J connectivity index is 0.00000280. The van der Waals surface area contributed by atoms with Crippen LogP contribution in [0, 0.1) is 5.92 Å². The van der Waals surface area contributed by atoms with Crippen LogP contribution in [0.1, 0.15) is 32.1 Å². The number of likely N-dealkylation sites (tertiary alicyclic amines) is 2. The quantitative estimate of drug-likeness (QED) is 0.750. The first-order valence-electron chi connectivity index (χ1n) is 10.1. The van der Waals surface area contributed by atoms with E-state index in [-0.39, 0.29) is 30.1 Å². The largest absolute Gasteiger partial charge is 0.493 e. The first-order valence-corrected chi connectivity index (χ1v) is 10.1. The average Bonchev–Trinajstić information content (AvgIpc) is 3.17. The molecule has 2 saturated heterocycles. The highest BCUT2D eigenvalue weighted by Crippen LogP contribution is 2.25. The monoisotopic (exact) mass is 409 g/mol. The Morgan fingerprint density at radius 2 is 1.82 bits per heavy atom. The molecule has 28 heavy (non-hydrogen) atoms. The van der Waals surface area contributed by atoms with Crippen LogP contribution in [0.5, 0.6) is 5.75 Å². The molecule has 7 heteroatoms. The van der Waals surface area contributed by atoms with Gasteiger partial charge in [-0.2, -0.15) is 0 Å². The summed E-state index contributed by atoms with van der Waals surface area (Å²) < 4.78 is 5.61. The van der Waals surface area contributed by atoms with E-state index >= 15 is 0 Å². The third kappa shape index (κ3) is 5.85. The highest BCUT2D eigenvalue weighted by molar-refractivity contribution is 5.85. The van der Waals surface area contributed by atoms with E-state index in [0.717, 1.165) is 44.5 Å². The van der Waals surface area contributed by atoms with Crippen molar-refractivity contribution >= 4 is 24.2 Å². The van der Waals surface area contributed by atoms with E-state index in [1.54, 1.807) is 0 Å². The predicted octanol–water partition coefficient (Wildman–Crippen LogP) is 2.33. The van der Waals surface area contributed by atoms with Crippen LogP contribution < -0.4 is 10.1 Å². The zero-order chi connectivity index (χ0) is 19.1. The third-order valence-corrected chi connectivity index (χ3v) is 5.62. The number of hydrogen-bond acceptors (Lipinski definition) is 4. The van der Waals surface area contributed by atoms with Crippen molar-refractivity contribution in [1.29, 1.82) is 0 Å². The summed E-state index contributed by atoms with van der Waals surface area (Å²) in [5.41, 5.74) is 0. The number of nitrogens with zero attached hydrogens (tertiary/aromatic N) is 2. The van der Waals surface area contributed by atoms with Crippen molar-refractivity contribution in [1.82, 2.24) is 15.1 Å². The smallest absolute Gasteiger partial charge is 0.226 e. The van der Waals surface area contributed by atoms with E-state index in [0.29, 0.717) is 32.2 Å². The van der Waals surface area contributed by atoms with E-state index in [1.165, 1.54) is 0 Å². The van der Waals surface area contributed by atoms with Gasteiger partial charge in [0, 0.05) is 38.1 Å². The molecule has 2 heterocycles. The first kappa shape index (κ1) is 22.5.